The van der Waals surface area contributed by atoms with Gasteiger partial charge in [-0.05, 0) is 72.9 Å². The normalized spacial score (nSPS) is 11.8. The molecule has 0 aliphatic carbocycles. The van der Waals surface area contributed by atoms with Crippen molar-refractivity contribution in [1.29, 1.82) is 0 Å². The van der Waals surface area contributed by atoms with Crippen LogP contribution in [0.1, 0.15) is 65.2 Å². The molecule has 2 amide bonds. The van der Waals surface area contributed by atoms with Gasteiger partial charge in [-0.1, -0.05) is 36.7 Å². The molecule has 0 unspecified atom stereocenters. The Hall–Kier alpha value is -2.67. The van der Waals surface area contributed by atoms with Crippen LogP contribution in [0, 0.1) is 13.8 Å². The summed E-state index contributed by atoms with van der Waals surface area (Å²) < 4.78 is 10.9. The predicted molar refractivity (Wildman–Crippen MR) is 126 cm³/mol. The summed E-state index contributed by atoms with van der Waals surface area (Å²) in [7, 11) is 0. The van der Waals surface area contributed by atoms with Gasteiger partial charge in [0.15, 0.2) is 0 Å². The minimum atomic E-state index is -0.945. The van der Waals surface area contributed by atoms with E-state index in [-0.39, 0.29) is 11.1 Å². The molecule has 0 saturated heterocycles. The maximum atomic E-state index is 13.0. The molecule has 174 valence electrons. The van der Waals surface area contributed by atoms with Gasteiger partial charge in [0.2, 0.25) is 5.95 Å². The Kier molecular flexibility index (Phi) is 7.55. The third kappa shape index (κ3) is 6.19. The number of ether oxygens (including phenoxy) is 2. The quantitative estimate of drug-likeness (QED) is 0.475. The number of aryl methyl sites for hydroxylation is 2. The number of imide groups is 1. The summed E-state index contributed by atoms with van der Waals surface area (Å²) in [6, 6.07) is 5.89. The lowest BCUT2D eigenvalue weighted by Crippen LogP contribution is -2.44. The van der Waals surface area contributed by atoms with Gasteiger partial charge in [0, 0.05) is 11.1 Å². The highest BCUT2D eigenvalue weighted by Gasteiger charge is 2.35. The third-order valence-electron chi connectivity index (χ3n) is 4.37. The van der Waals surface area contributed by atoms with Crippen LogP contribution in [0.25, 0.3) is 11.3 Å². The standard InChI is InChI=1S/C24H32ClN3O4/c1-10-16-18(17-14(2)12-11-13-15(17)3)26-20(27-19(16)25)28(21(29)31-23(4,5)6)22(30)32-24(7,8)9/h11-13H,10H2,1-9H3. The molecule has 0 fully saturated rings. The van der Waals surface area contributed by atoms with Crippen molar-refractivity contribution in [2.45, 2.75) is 79.9 Å². The second kappa shape index (κ2) is 9.45. The molecule has 32 heavy (non-hydrogen) atoms. The van der Waals surface area contributed by atoms with Gasteiger partial charge in [-0.3, -0.25) is 0 Å². The van der Waals surface area contributed by atoms with E-state index in [9.17, 15) is 9.59 Å². The Morgan fingerprint density at radius 1 is 0.938 bits per heavy atom. The summed E-state index contributed by atoms with van der Waals surface area (Å²) >= 11 is 6.53. The van der Waals surface area contributed by atoms with Crippen LogP contribution in [0.3, 0.4) is 0 Å². The van der Waals surface area contributed by atoms with Gasteiger partial charge < -0.3 is 9.47 Å². The fourth-order valence-electron chi connectivity index (χ4n) is 3.11. The predicted octanol–water partition coefficient (Wildman–Crippen LogP) is 6.65. The fraction of sp³-hybridized carbons (Fsp3) is 0.500. The van der Waals surface area contributed by atoms with Gasteiger partial charge in [-0.2, -0.15) is 4.98 Å². The number of halogens is 1. The average Bonchev–Trinajstić information content (AvgIpc) is 2.58. The molecule has 0 radical (unpaired) electrons. The van der Waals surface area contributed by atoms with E-state index in [1.165, 1.54) is 0 Å². The van der Waals surface area contributed by atoms with Gasteiger partial charge in [0.25, 0.3) is 0 Å². The SMILES string of the molecule is CCc1c(Cl)nc(N(C(=O)OC(C)(C)C)C(=O)OC(C)(C)C)nc1-c1c(C)cccc1C. The van der Waals surface area contributed by atoms with E-state index in [0.717, 1.165) is 22.3 Å². The first kappa shape index (κ1) is 25.6. The van der Waals surface area contributed by atoms with Crippen molar-refractivity contribution >= 4 is 29.7 Å². The van der Waals surface area contributed by atoms with E-state index >= 15 is 0 Å². The van der Waals surface area contributed by atoms with Crippen LogP contribution >= 0.6 is 11.6 Å². The van der Waals surface area contributed by atoms with Crippen molar-refractivity contribution in [2.75, 3.05) is 4.90 Å². The zero-order valence-electron chi connectivity index (χ0n) is 20.3. The Bertz CT molecular complexity index is 975. The van der Waals surface area contributed by atoms with Crippen molar-refractivity contribution in [3.05, 3.63) is 40.0 Å². The first-order valence-electron chi connectivity index (χ1n) is 10.5. The number of hydrogen-bond donors (Lipinski definition) is 0. The van der Waals surface area contributed by atoms with Crippen LogP contribution in [0.4, 0.5) is 15.5 Å². The van der Waals surface area contributed by atoms with Crippen LogP contribution in [-0.4, -0.2) is 33.4 Å². The molecule has 1 aromatic heterocycles. The van der Waals surface area contributed by atoms with Gasteiger partial charge in [0.1, 0.15) is 16.4 Å². The summed E-state index contributed by atoms with van der Waals surface area (Å²) in [4.78, 5) is 35.6. The Morgan fingerprint density at radius 2 is 1.41 bits per heavy atom. The van der Waals surface area contributed by atoms with E-state index in [4.69, 9.17) is 21.1 Å². The Morgan fingerprint density at radius 3 is 1.81 bits per heavy atom. The molecule has 0 saturated carbocycles. The lowest BCUT2D eigenvalue weighted by Gasteiger charge is -2.28. The van der Waals surface area contributed by atoms with Crippen molar-refractivity contribution < 1.29 is 19.1 Å². The molecule has 0 aliphatic heterocycles. The number of benzene rings is 1. The second-order valence-corrected chi connectivity index (χ2v) is 9.92. The van der Waals surface area contributed by atoms with Crippen molar-refractivity contribution in [2.24, 2.45) is 0 Å². The summed E-state index contributed by atoms with van der Waals surface area (Å²) in [5.74, 6) is -0.201. The van der Waals surface area contributed by atoms with Gasteiger partial charge >= 0.3 is 12.2 Å². The average molecular weight is 462 g/mol. The first-order chi connectivity index (χ1) is 14.6. The second-order valence-electron chi connectivity index (χ2n) is 9.56. The first-order valence-corrected chi connectivity index (χ1v) is 10.9. The molecule has 7 nitrogen and oxygen atoms in total. The highest BCUT2D eigenvalue weighted by Crippen LogP contribution is 2.34. The highest BCUT2D eigenvalue weighted by molar-refractivity contribution is 6.30. The molecule has 2 rings (SSSR count). The smallest absolute Gasteiger partial charge is 0.427 e. The highest BCUT2D eigenvalue weighted by atomic mass is 35.5. The lowest BCUT2D eigenvalue weighted by atomic mass is 9.96. The molecule has 1 heterocycles. The molecule has 0 bridgehead atoms. The summed E-state index contributed by atoms with van der Waals surface area (Å²) in [5.41, 5.74) is 2.45. The molecule has 0 spiro atoms. The molecule has 0 atom stereocenters. The monoisotopic (exact) mass is 461 g/mol. The van der Waals surface area contributed by atoms with Crippen LogP contribution in [0.15, 0.2) is 18.2 Å². The summed E-state index contributed by atoms with van der Waals surface area (Å²) in [5, 5.41) is 0.160. The Balaban J connectivity index is 2.74. The van der Waals surface area contributed by atoms with Crippen molar-refractivity contribution in [1.82, 2.24) is 9.97 Å². The lowest BCUT2D eigenvalue weighted by molar-refractivity contribution is 0.0427. The molecule has 2 aromatic rings. The molecule has 8 heteroatoms. The number of carbonyl (C=O) groups excluding carboxylic acids is 2. The maximum Gasteiger partial charge on any atom is 0.427 e. The number of rotatable bonds is 3. The minimum absolute atomic E-state index is 0.160. The molecule has 1 aromatic carbocycles. The molecular formula is C24H32ClN3O4. The zero-order chi connectivity index (χ0) is 24.4. The number of nitrogens with zero attached hydrogens (tertiary/aromatic N) is 3. The van der Waals surface area contributed by atoms with E-state index < -0.39 is 23.4 Å². The Labute approximate surface area is 195 Å². The van der Waals surface area contributed by atoms with Crippen molar-refractivity contribution in [3.63, 3.8) is 0 Å². The summed E-state index contributed by atoms with van der Waals surface area (Å²) in [6.45, 7) is 16.1. The van der Waals surface area contributed by atoms with Gasteiger partial charge in [-0.15, -0.1) is 4.90 Å². The minimum Gasteiger partial charge on any atom is -0.443 e. The largest absolute Gasteiger partial charge is 0.443 e. The number of amides is 2. The third-order valence-corrected chi connectivity index (χ3v) is 4.68. The zero-order valence-corrected chi connectivity index (χ0v) is 21.0. The van der Waals surface area contributed by atoms with Gasteiger partial charge in [0.05, 0.1) is 5.69 Å². The topological polar surface area (TPSA) is 81.6 Å². The van der Waals surface area contributed by atoms with Gasteiger partial charge in [-0.25, -0.2) is 14.6 Å². The molecular weight excluding hydrogens is 430 g/mol. The van der Waals surface area contributed by atoms with E-state index in [2.05, 4.69) is 9.97 Å². The van der Waals surface area contributed by atoms with E-state index in [1.54, 1.807) is 41.5 Å². The number of anilines is 1. The van der Waals surface area contributed by atoms with E-state index in [0.29, 0.717) is 17.0 Å². The number of carbonyl (C=O) groups is 2. The van der Waals surface area contributed by atoms with E-state index in [1.807, 2.05) is 39.0 Å². The van der Waals surface area contributed by atoms with Crippen LogP contribution in [0.5, 0.6) is 0 Å². The molecule has 0 aliphatic rings. The van der Waals surface area contributed by atoms with Crippen LogP contribution in [-0.2, 0) is 15.9 Å². The molecule has 0 N–H and O–H groups in total. The van der Waals surface area contributed by atoms with Crippen LogP contribution in [0.2, 0.25) is 5.15 Å². The van der Waals surface area contributed by atoms with Crippen molar-refractivity contribution in [3.8, 4) is 11.3 Å². The number of hydrogen-bond acceptors (Lipinski definition) is 6. The summed E-state index contributed by atoms with van der Waals surface area (Å²) in [6.07, 6.45) is -1.32. The van der Waals surface area contributed by atoms with Crippen LogP contribution < -0.4 is 4.90 Å². The maximum absolute atomic E-state index is 13.0. The fourth-order valence-corrected chi connectivity index (χ4v) is 3.41. The number of aromatic nitrogens is 2.